The number of alkyl halides is 3. The standard InChI is InChI=1S/C15H18F3NO2/c1-21-14(20)12(9-19-10-5-4-6-10)11-7-2-3-8-13(11)15(16,17)18/h2-3,7-8,10,12,19H,4-6,9H2,1H3. The van der Waals surface area contributed by atoms with E-state index < -0.39 is 23.6 Å². The molecule has 1 fully saturated rings. The minimum Gasteiger partial charge on any atom is -0.469 e. The summed E-state index contributed by atoms with van der Waals surface area (Å²) in [7, 11) is 1.19. The highest BCUT2D eigenvalue weighted by molar-refractivity contribution is 5.79. The zero-order chi connectivity index (χ0) is 15.5. The van der Waals surface area contributed by atoms with Crippen molar-refractivity contribution in [1.82, 2.24) is 5.32 Å². The maximum absolute atomic E-state index is 13.1. The van der Waals surface area contributed by atoms with Crippen molar-refractivity contribution >= 4 is 5.97 Å². The average Bonchev–Trinajstić information content (AvgIpc) is 2.40. The Bertz CT molecular complexity index is 498. The van der Waals surface area contributed by atoms with Crippen molar-refractivity contribution in [2.45, 2.75) is 37.4 Å². The zero-order valence-corrected chi connectivity index (χ0v) is 11.7. The van der Waals surface area contributed by atoms with Gasteiger partial charge in [-0.1, -0.05) is 24.6 Å². The van der Waals surface area contributed by atoms with Gasteiger partial charge in [0.15, 0.2) is 0 Å². The first kappa shape index (κ1) is 15.8. The Balaban J connectivity index is 2.25. The Morgan fingerprint density at radius 2 is 2.05 bits per heavy atom. The van der Waals surface area contributed by atoms with Crippen molar-refractivity contribution in [3.63, 3.8) is 0 Å². The summed E-state index contributed by atoms with van der Waals surface area (Å²) in [6.07, 6.45) is -1.39. The fourth-order valence-corrected chi connectivity index (χ4v) is 2.42. The van der Waals surface area contributed by atoms with Crippen LogP contribution in [0.3, 0.4) is 0 Å². The van der Waals surface area contributed by atoms with Gasteiger partial charge >= 0.3 is 12.1 Å². The number of carbonyl (C=O) groups excluding carboxylic acids is 1. The number of esters is 1. The molecule has 0 saturated heterocycles. The van der Waals surface area contributed by atoms with Crippen LogP contribution in [0.15, 0.2) is 24.3 Å². The van der Waals surface area contributed by atoms with Crippen LogP contribution in [0, 0.1) is 0 Å². The van der Waals surface area contributed by atoms with E-state index in [9.17, 15) is 18.0 Å². The van der Waals surface area contributed by atoms with Crippen LogP contribution in [0.2, 0.25) is 0 Å². The van der Waals surface area contributed by atoms with E-state index in [1.54, 1.807) is 0 Å². The third-order valence-electron chi connectivity index (χ3n) is 3.84. The van der Waals surface area contributed by atoms with Crippen LogP contribution < -0.4 is 5.32 Å². The topological polar surface area (TPSA) is 38.3 Å². The molecule has 21 heavy (non-hydrogen) atoms. The van der Waals surface area contributed by atoms with Crippen LogP contribution in [0.1, 0.15) is 36.3 Å². The average molecular weight is 301 g/mol. The Morgan fingerprint density at radius 3 is 2.57 bits per heavy atom. The third-order valence-corrected chi connectivity index (χ3v) is 3.84. The largest absolute Gasteiger partial charge is 0.469 e. The molecule has 0 aromatic heterocycles. The second kappa shape index (κ2) is 6.47. The van der Waals surface area contributed by atoms with Gasteiger partial charge in [-0.15, -0.1) is 0 Å². The van der Waals surface area contributed by atoms with Crippen LogP contribution in [0.25, 0.3) is 0 Å². The maximum atomic E-state index is 13.1. The molecule has 1 aliphatic carbocycles. The monoisotopic (exact) mass is 301 g/mol. The van der Waals surface area contributed by atoms with Gasteiger partial charge in [0.1, 0.15) is 0 Å². The van der Waals surface area contributed by atoms with Crippen molar-refractivity contribution in [3.8, 4) is 0 Å². The Morgan fingerprint density at radius 1 is 1.38 bits per heavy atom. The highest BCUT2D eigenvalue weighted by Crippen LogP contribution is 2.35. The predicted molar refractivity (Wildman–Crippen MR) is 71.8 cm³/mol. The highest BCUT2D eigenvalue weighted by atomic mass is 19.4. The zero-order valence-electron chi connectivity index (χ0n) is 11.7. The lowest BCUT2D eigenvalue weighted by Crippen LogP contribution is -2.39. The number of hydrogen-bond acceptors (Lipinski definition) is 3. The van der Waals surface area contributed by atoms with Gasteiger partial charge in [0.05, 0.1) is 18.6 Å². The summed E-state index contributed by atoms with van der Waals surface area (Å²) in [6.45, 7) is 0.157. The molecular weight excluding hydrogens is 283 g/mol. The minimum absolute atomic E-state index is 0.0383. The van der Waals surface area contributed by atoms with E-state index in [2.05, 4.69) is 10.1 Å². The molecule has 1 N–H and O–H groups in total. The summed E-state index contributed by atoms with van der Waals surface area (Å²) in [4.78, 5) is 11.9. The van der Waals surface area contributed by atoms with Crippen molar-refractivity contribution in [2.75, 3.05) is 13.7 Å². The lowest BCUT2D eigenvalue weighted by atomic mass is 9.90. The van der Waals surface area contributed by atoms with E-state index in [1.807, 2.05) is 0 Å². The molecule has 1 unspecified atom stereocenters. The molecule has 1 aromatic carbocycles. The van der Waals surface area contributed by atoms with Gasteiger partial charge in [-0.25, -0.2) is 0 Å². The molecule has 0 amide bonds. The number of nitrogens with one attached hydrogen (secondary N) is 1. The van der Waals surface area contributed by atoms with E-state index in [1.165, 1.54) is 25.3 Å². The molecule has 0 radical (unpaired) electrons. The van der Waals surface area contributed by atoms with E-state index in [-0.39, 0.29) is 18.2 Å². The molecule has 1 atom stereocenters. The molecule has 116 valence electrons. The smallest absolute Gasteiger partial charge is 0.416 e. The van der Waals surface area contributed by atoms with Gasteiger partial charge in [-0.2, -0.15) is 13.2 Å². The Hall–Kier alpha value is -1.56. The number of ether oxygens (including phenoxy) is 1. The second-order valence-electron chi connectivity index (χ2n) is 5.20. The quantitative estimate of drug-likeness (QED) is 0.849. The first-order valence-electron chi connectivity index (χ1n) is 6.91. The van der Waals surface area contributed by atoms with Crippen molar-refractivity contribution in [2.24, 2.45) is 0 Å². The Labute approximate surface area is 121 Å². The molecule has 0 aliphatic heterocycles. The lowest BCUT2D eigenvalue weighted by Gasteiger charge is -2.29. The molecule has 1 aromatic rings. The first-order chi connectivity index (χ1) is 9.93. The minimum atomic E-state index is -4.49. The van der Waals surface area contributed by atoms with Crippen LogP contribution in [-0.4, -0.2) is 25.7 Å². The van der Waals surface area contributed by atoms with Crippen molar-refractivity contribution in [3.05, 3.63) is 35.4 Å². The van der Waals surface area contributed by atoms with Crippen LogP contribution in [-0.2, 0) is 15.7 Å². The Kier molecular flexibility index (Phi) is 4.88. The van der Waals surface area contributed by atoms with Crippen LogP contribution >= 0.6 is 0 Å². The number of carbonyl (C=O) groups is 1. The van der Waals surface area contributed by atoms with Crippen LogP contribution in [0.5, 0.6) is 0 Å². The van der Waals surface area contributed by atoms with Gasteiger partial charge in [-0.3, -0.25) is 4.79 Å². The van der Waals surface area contributed by atoms with Gasteiger partial charge in [-0.05, 0) is 24.5 Å². The molecule has 1 aliphatic rings. The summed E-state index contributed by atoms with van der Waals surface area (Å²) >= 11 is 0. The number of benzene rings is 1. The van der Waals surface area contributed by atoms with Crippen molar-refractivity contribution in [1.29, 1.82) is 0 Å². The number of rotatable bonds is 5. The van der Waals surface area contributed by atoms with E-state index in [0.717, 1.165) is 25.3 Å². The van der Waals surface area contributed by atoms with Gasteiger partial charge in [0.25, 0.3) is 0 Å². The van der Waals surface area contributed by atoms with E-state index in [4.69, 9.17) is 0 Å². The molecule has 3 nitrogen and oxygen atoms in total. The summed E-state index contributed by atoms with van der Waals surface area (Å²) in [5, 5.41) is 3.14. The molecule has 2 rings (SSSR count). The van der Waals surface area contributed by atoms with E-state index >= 15 is 0 Å². The molecule has 1 saturated carbocycles. The molecule has 0 heterocycles. The summed E-state index contributed by atoms with van der Waals surface area (Å²) < 4.78 is 43.9. The molecular formula is C15H18F3NO2. The summed E-state index contributed by atoms with van der Waals surface area (Å²) in [5.74, 6) is -1.60. The second-order valence-corrected chi connectivity index (χ2v) is 5.20. The molecule has 0 spiro atoms. The van der Waals surface area contributed by atoms with E-state index in [0.29, 0.717) is 0 Å². The van der Waals surface area contributed by atoms with Gasteiger partial charge in [0.2, 0.25) is 0 Å². The first-order valence-corrected chi connectivity index (χ1v) is 6.91. The maximum Gasteiger partial charge on any atom is 0.416 e. The van der Waals surface area contributed by atoms with Crippen LogP contribution in [0.4, 0.5) is 13.2 Å². The predicted octanol–water partition coefficient (Wildman–Crippen LogP) is 3.10. The fourth-order valence-electron chi connectivity index (χ4n) is 2.42. The number of hydrogen-bond donors (Lipinski definition) is 1. The number of halogens is 3. The van der Waals surface area contributed by atoms with Gasteiger partial charge in [0, 0.05) is 12.6 Å². The fraction of sp³-hybridized carbons (Fsp3) is 0.533. The normalized spacial score (nSPS) is 17.1. The van der Waals surface area contributed by atoms with Crippen molar-refractivity contribution < 1.29 is 22.7 Å². The molecule has 6 heteroatoms. The summed E-state index contributed by atoms with van der Waals surface area (Å²) in [6, 6.07) is 5.45. The van der Waals surface area contributed by atoms with Gasteiger partial charge < -0.3 is 10.1 Å². The third kappa shape index (κ3) is 3.75. The molecule has 0 bridgehead atoms. The lowest BCUT2D eigenvalue weighted by molar-refractivity contribution is -0.144. The highest BCUT2D eigenvalue weighted by Gasteiger charge is 2.37. The SMILES string of the molecule is COC(=O)C(CNC1CCC1)c1ccccc1C(F)(F)F. The summed E-state index contributed by atoms with van der Waals surface area (Å²) in [5.41, 5.74) is -0.820. The number of methoxy groups -OCH3 is 1.